The third kappa shape index (κ3) is 4.65. The topological polar surface area (TPSA) is 8.17 Å². The van der Waals surface area contributed by atoms with Gasteiger partial charge in [0.1, 0.15) is 0 Å². The summed E-state index contributed by atoms with van der Waals surface area (Å²) in [5.74, 6) is 0. The van der Waals surface area contributed by atoms with Gasteiger partial charge in [0.2, 0.25) is 0 Å². The molecule has 50 heavy (non-hydrogen) atoms. The van der Waals surface area contributed by atoms with E-state index in [1.54, 1.807) is 0 Å². The van der Waals surface area contributed by atoms with Gasteiger partial charge < -0.3 is 9.47 Å². The fourth-order valence-electron chi connectivity index (χ4n) is 7.70. The van der Waals surface area contributed by atoms with E-state index < -0.39 is 0 Å². The lowest BCUT2D eigenvalue weighted by Crippen LogP contribution is -2.10. The molecule has 1 heterocycles. The van der Waals surface area contributed by atoms with Crippen LogP contribution in [0.3, 0.4) is 0 Å². The highest BCUT2D eigenvalue weighted by Gasteiger charge is 2.17. The van der Waals surface area contributed by atoms with E-state index in [1.807, 2.05) is 0 Å². The van der Waals surface area contributed by atoms with Crippen molar-refractivity contribution < 1.29 is 0 Å². The van der Waals surface area contributed by atoms with Gasteiger partial charge in [-0.15, -0.1) is 0 Å². The van der Waals surface area contributed by atoms with Crippen molar-refractivity contribution in [2.75, 3.05) is 4.90 Å². The summed E-state index contributed by atoms with van der Waals surface area (Å²) < 4.78 is 2.40. The lowest BCUT2D eigenvalue weighted by Gasteiger charge is -2.26. The number of aromatic nitrogens is 1. The number of hydrogen-bond donors (Lipinski definition) is 0. The Hall–Kier alpha value is -6.64. The van der Waals surface area contributed by atoms with Crippen LogP contribution >= 0.6 is 0 Å². The molecule has 2 nitrogen and oxygen atoms in total. The van der Waals surface area contributed by atoms with Crippen molar-refractivity contribution >= 4 is 71.2 Å². The van der Waals surface area contributed by atoms with Crippen LogP contribution in [0.1, 0.15) is 0 Å². The molecule has 0 fully saturated rings. The summed E-state index contributed by atoms with van der Waals surface area (Å²) in [4.78, 5) is 2.36. The maximum Gasteiger partial charge on any atom is 0.0547 e. The van der Waals surface area contributed by atoms with Crippen LogP contribution in [-0.4, -0.2) is 4.57 Å². The third-order valence-corrected chi connectivity index (χ3v) is 10.1. The number of rotatable bonds is 5. The zero-order valence-electron chi connectivity index (χ0n) is 27.4. The summed E-state index contributed by atoms with van der Waals surface area (Å²) in [5, 5.41) is 10.1. The smallest absolute Gasteiger partial charge is 0.0547 e. The molecule has 0 N–H and O–H groups in total. The SMILES string of the molecule is c1ccc2cc(-c3ccc(N(c4ccc(-n5c6ccccc6c6c7ccccc7ccc65)cc4)c4ccc5ccccc5c4)cc3)ccc2c1. The van der Waals surface area contributed by atoms with Crippen LogP contribution in [0.4, 0.5) is 17.1 Å². The second-order valence-electron chi connectivity index (χ2n) is 13.0. The monoisotopic (exact) mass is 636 g/mol. The first-order valence-corrected chi connectivity index (χ1v) is 17.2. The third-order valence-electron chi connectivity index (χ3n) is 10.1. The van der Waals surface area contributed by atoms with Crippen molar-refractivity contribution in [2.45, 2.75) is 0 Å². The number of hydrogen-bond acceptors (Lipinski definition) is 1. The molecule has 0 atom stereocenters. The molecule has 0 saturated heterocycles. The first-order chi connectivity index (χ1) is 24.8. The second kappa shape index (κ2) is 11.5. The van der Waals surface area contributed by atoms with Gasteiger partial charge in [0.05, 0.1) is 11.0 Å². The molecular weight excluding hydrogens is 605 g/mol. The Labute approximate surface area is 290 Å². The second-order valence-corrected chi connectivity index (χ2v) is 13.0. The highest BCUT2D eigenvalue weighted by Crippen LogP contribution is 2.40. The summed E-state index contributed by atoms with van der Waals surface area (Å²) in [6, 6.07) is 70.5. The predicted octanol–water partition coefficient (Wildman–Crippen LogP) is 13.4. The van der Waals surface area contributed by atoms with Crippen molar-refractivity contribution in [3.63, 3.8) is 0 Å². The normalized spacial score (nSPS) is 11.6. The Bertz CT molecular complexity index is 2860. The van der Waals surface area contributed by atoms with E-state index >= 15 is 0 Å². The molecule has 0 saturated carbocycles. The van der Waals surface area contributed by atoms with E-state index in [1.165, 1.54) is 65.3 Å². The fourth-order valence-corrected chi connectivity index (χ4v) is 7.70. The van der Waals surface area contributed by atoms with E-state index in [-0.39, 0.29) is 0 Å². The lowest BCUT2D eigenvalue weighted by molar-refractivity contribution is 1.17. The molecule has 0 amide bonds. The predicted molar refractivity (Wildman–Crippen MR) is 213 cm³/mol. The number of benzene rings is 9. The first-order valence-electron chi connectivity index (χ1n) is 17.2. The summed E-state index contributed by atoms with van der Waals surface area (Å²) in [7, 11) is 0. The molecule has 234 valence electrons. The van der Waals surface area contributed by atoms with E-state index in [2.05, 4.69) is 204 Å². The van der Waals surface area contributed by atoms with E-state index in [0.29, 0.717) is 0 Å². The van der Waals surface area contributed by atoms with Gasteiger partial charge >= 0.3 is 0 Å². The Morgan fingerprint density at radius 2 is 0.840 bits per heavy atom. The maximum atomic E-state index is 2.40. The summed E-state index contributed by atoms with van der Waals surface area (Å²) in [6.45, 7) is 0. The lowest BCUT2D eigenvalue weighted by atomic mass is 10.0. The van der Waals surface area contributed by atoms with Crippen LogP contribution in [0.5, 0.6) is 0 Å². The Morgan fingerprint density at radius 3 is 1.58 bits per heavy atom. The zero-order valence-corrected chi connectivity index (χ0v) is 27.4. The molecule has 0 unspecified atom stereocenters. The molecule has 10 aromatic rings. The number of nitrogens with zero attached hydrogens (tertiary/aromatic N) is 2. The zero-order chi connectivity index (χ0) is 33.0. The number of anilines is 3. The molecule has 0 radical (unpaired) electrons. The highest BCUT2D eigenvalue weighted by atomic mass is 15.1. The van der Waals surface area contributed by atoms with Crippen molar-refractivity contribution in [3.8, 4) is 16.8 Å². The number of fused-ring (bicyclic) bond motifs is 7. The largest absolute Gasteiger partial charge is 0.310 e. The van der Waals surface area contributed by atoms with Crippen molar-refractivity contribution in [3.05, 3.63) is 194 Å². The van der Waals surface area contributed by atoms with Gasteiger partial charge in [-0.3, -0.25) is 0 Å². The number of para-hydroxylation sites is 1. The van der Waals surface area contributed by atoms with Crippen LogP contribution in [0.15, 0.2) is 194 Å². The van der Waals surface area contributed by atoms with E-state index in [0.717, 1.165) is 22.7 Å². The van der Waals surface area contributed by atoms with Crippen LogP contribution in [0, 0.1) is 0 Å². The van der Waals surface area contributed by atoms with Crippen molar-refractivity contribution in [1.82, 2.24) is 4.57 Å². The maximum absolute atomic E-state index is 2.40. The molecule has 0 aliphatic heterocycles. The van der Waals surface area contributed by atoms with Gasteiger partial charge in [0.15, 0.2) is 0 Å². The molecule has 2 heteroatoms. The molecule has 1 aromatic heterocycles. The van der Waals surface area contributed by atoms with Gasteiger partial charge in [0.25, 0.3) is 0 Å². The van der Waals surface area contributed by atoms with Gasteiger partial charge in [-0.25, -0.2) is 0 Å². The van der Waals surface area contributed by atoms with Gasteiger partial charge in [0, 0.05) is 33.5 Å². The molecule has 10 rings (SSSR count). The first kappa shape index (κ1) is 28.4. The van der Waals surface area contributed by atoms with Crippen LogP contribution in [-0.2, 0) is 0 Å². The van der Waals surface area contributed by atoms with Gasteiger partial charge in [-0.1, -0.05) is 127 Å². The minimum absolute atomic E-state index is 1.11. The summed E-state index contributed by atoms with van der Waals surface area (Å²) in [5.41, 5.74) is 9.33. The Balaban J connectivity index is 1.10. The quantitative estimate of drug-likeness (QED) is 0.182. The fraction of sp³-hybridized carbons (Fsp3) is 0. The summed E-state index contributed by atoms with van der Waals surface area (Å²) >= 11 is 0. The summed E-state index contributed by atoms with van der Waals surface area (Å²) in [6.07, 6.45) is 0. The van der Waals surface area contributed by atoms with Crippen LogP contribution in [0.2, 0.25) is 0 Å². The van der Waals surface area contributed by atoms with E-state index in [4.69, 9.17) is 0 Å². The molecular formula is C48H32N2. The average Bonchev–Trinajstić information content (AvgIpc) is 3.53. The van der Waals surface area contributed by atoms with Crippen molar-refractivity contribution in [1.29, 1.82) is 0 Å². The Morgan fingerprint density at radius 1 is 0.320 bits per heavy atom. The Kier molecular flexibility index (Phi) is 6.53. The minimum Gasteiger partial charge on any atom is -0.310 e. The standard InChI is InChI=1S/C48H32N2/c1-3-12-37-31-39(18-17-33(37)9-1)35-19-23-40(24-20-35)49(43-25-21-34-10-2-4-13-38(34)32-43)41-26-28-42(29-27-41)50-46-16-8-7-15-45(46)48-44-14-6-5-11-36(44)22-30-47(48)50/h1-32H. The average molecular weight is 637 g/mol. The molecule has 9 aromatic carbocycles. The molecule has 0 aliphatic carbocycles. The highest BCUT2D eigenvalue weighted by molar-refractivity contribution is 6.21. The van der Waals surface area contributed by atoms with Crippen LogP contribution in [0.25, 0.3) is 70.9 Å². The van der Waals surface area contributed by atoms with E-state index in [9.17, 15) is 0 Å². The van der Waals surface area contributed by atoms with Crippen LogP contribution < -0.4 is 4.90 Å². The van der Waals surface area contributed by atoms with Crippen molar-refractivity contribution in [2.24, 2.45) is 0 Å². The van der Waals surface area contributed by atoms with Gasteiger partial charge in [-0.05, 0) is 110 Å². The minimum atomic E-state index is 1.11. The molecule has 0 bridgehead atoms. The molecule has 0 aliphatic rings. The van der Waals surface area contributed by atoms with Gasteiger partial charge in [-0.2, -0.15) is 0 Å². The molecule has 0 spiro atoms.